The molecule has 1 N–H and O–H groups in total. The number of benzene rings is 1. The van der Waals surface area contributed by atoms with Crippen molar-refractivity contribution in [1.82, 2.24) is 14.8 Å². The van der Waals surface area contributed by atoms with Crippen LogP contribution >= 0.6 is 0 Å². The van der Waals surface area contributed by atoms with E-state index in [-0.39, 0.29) is 23.2 Å². The van der Waals surface area contributed by atoms with Gasteiger partial charge in [-0.3, -0.25) is 9.59 Å². The van der Waals surface area contributed by atoms with E-state index in [1.165, 1.54) is 4.90 Å². The van der Waals surface area contributed by atoms with Crippen molar-refractivity contribution in [2.75, 3.05) is 27.2 Å². The third-order valence-electron chi connectivity index (χ3n) is 7.36. The van der Waals surface area contributed by atoms with Gasteiger partial charge in [0.2, 0.25) is 5.91 Å². The molecule has 0 spiro atoms. The molecular formula is C24H33BFN3O4. The number of hydrogen-bond donors (Lipinski definition) is 1. The van der Waals surface area contributed by atoms with Crippen LogP contribution in [-0.2, 0) is 14.1 Å². The molecule has 1 aromatic carbocycles. The van der Waals surface area contributed by atoms with Crippen LogP contribution < -0.4 is 5.46 Å². The van der Waals surface area contributed by atoms with Gasteiger partial charge in [0.1, 0.15) is 5.69 Å². The second-order valence-corrected chi connectivity index (χ2v) is 10.4. The van der Waals surface area contributed by atoms with Gasteiger partial charge < -0.3 is 24.1 Å². The lowest BCUT2D eigenvalue weighted by atomic mass is 9.74. The van der Waals surface area contributed by atoms with Crippen molar-refractivity contribution < 1.29 is 23.3 Å². The fourth-order valence-electron chi connectivity index (χ4n) is 4.64. The summed E-state index contributed by atoms with van der Waals surface area (Å²) in [5.41, 5.74) is 0.652. The highest BCUT2D eigenvalue weighted by molar-refractivity contribution is 6.65. The number of carbonyl (C=O) groups is 2. The third-order valence-corrected chi connectivity index (χ3v) is 7.36. The standard InChI is InChI=1S/C24H33BFN3O4/c1-14(30)29-10-8-9-15(13-29)16-11-18(25-32-23(2,3)24(4,5)33-25)17-12-19(22(31)28(6)7)27-21(17)20(16)26/h11-12,15,27H,8-10,13H2,1-7H3. The van der Waals surface area contributed by atoms with E-state index in [1.807, 2.05) is 33.8 Å². The lowest BCUT2D eigenvalue weighted by Crippen LogP contribution is -2.41. The Hall–Kier alpha value is -2.39. The Bertz CT molecular complexity index is 1090. The van der Waals surface area contributed by atoms with Gasteiger partial charge in [-0.25, -0.2) is 4.39 Å². The Morgan fingerprint density at radius 1 is 1.18 bits per heavy atom. The number of hydrogen-bond acceptors (Lipinski definition) is 4. The van der Waals surface area contributed by atoms with Gasteiger partial charge in [0, 0.05) is 45.4 Å². The first kappa shape index (κ1) is 23.8. The van der Waals surface area contributed by atoms with E-state index in [2.05, 4.69) is 4.98 Å². The van der Waals surface area contributed by atoms with Crippen molar-refractivity contribution in [3.63, 3.8) is 0 Å². The summed E-state index contributed by atoms with van der Waals surface area (Å²) >= 11 is 0. The highest BCUT2D eigenvalue weighted by atomic mass is 19.1. The molecule has 2 amide bonds. The first-order chi connectivity index (χ1) is 15.3. The minimum absolute atomic E-state index is 0.00823. The molecule has 1 aromatic heterocycles. The van der Waals surface area contributed by atoms with Gasteiger partial charge in [0.05, 0.1) is 16.7 Å². The molecule has 2 saturated heterocycles. The number of aromatic amines is 1. The first-order valence-electron chi connectivity index (χ1n) is 11.5. The van der Waals surface area contributed by atoms with Crippen molar-refractivity contribution in [1.29, 1.82) is 0 Å². The number of aromatic nitrogens is 1. The van der Waals surface area contributed by atoms with Crippen LogP contribution in [0.1, 0.15) is 69.4 Å². The van der Waals surface area contributed by atoms with Crippen molar-refractivity contribution in [3.8, 4) is 0 Å². The Kier molecular flexibility index (Phi) is 5.85. The van der Waals surface area contributed by atoms with Crippen LogP contribution in [0.25, 0.3) is 10.9 Å². The zero-order valence-electron chi connectivity index (χ0n) is 20.5. The predicted octanol–water partition coefficient (Wildman–Crippen LogP) is 3.03. The molecule has 2 aliphatic rings. The van der Waals surface area contributed by atoms with E-state index in [0.717, 1.165) is 12.8 Å². The molecule has 2 fully saturated rings. The van der Waals surface area contributed by atoms with Crippen LogP contribution in [-0.4, -0.2) is 72.1 Å². The molecule has 178 valence electrons. The molecule has 33 heavy (non-hydrogen) atoms. The minimum Gasteiger partial charge on any atom is -0.399 e. The van der Waals surface area contributed by atoms with Gasteiger partial charge in [-0.15, -0.1) is 0 Å². The van der Waals surface area contributed by atoms with Crippen LogP contribution in [0.15, 0.2) is 12.1 Å². The van der Waals surface area contributed by atoms with E-state index in [0.29, 0.717) is 35.2 Å². The molecule has 0 aliphatic carbocycles. The summed E-state index contributed by atoms with van der Waals surface area (Å²) < 4.78 is 28.5. The van der Waals surface area contributed by atoms with Crippen LogP contribution in [0.4, 0.5) is 4.39 Å². The largest absolute Gasteiger partial charge is 0.495 e. The molecule has 2 aromatic rings. The fourth-order valence-corrected chi connectivity index (χ4v) is 4.64. The molecule has 0 saturated carbocycles. The Balaban J connectivity index is 1.87. The molecule has 9 heteroatoms. The lowest BCUT2D eigenvalue weighted by molar-refractivity contribution is -0.130. The first-order valence-corrected chi connectivity index (χ1v) is 11.5. The smallest absolute Gasteiger partial charge is 0.399 e. The maximum Gasteiger partial charge on any atom is 0.495 e. The Morgan fingerprint density at radius 2 is 1.82 bits per heavy atom. The van der Waals surface area contributed by atoms with Crippen LogP contribution in [0.5, 0.6) is 0 Å². The van der Waals surface area contributed by atoms with Gasteiger partial charge in [0.15, 0.2) is 5.82 Å². The van der Waals surface area contributed by atoms with E-state index in [1.54, 1.807) is 32.0 Å². The van der Waals surface area contributed by atoms with Crippen molar-refractivity contribution in [3.05, 3.63) is 29.2 Å². The number of amides is 2. The van der Waals surface area contributed by atoms with E-state index in [9.17, 15) is 9.59 Å². The predicted molar refractivity (Wildman–Crippen MR) is 126 cm³/mol. The van der Waals surface area contributed by atoms with Crippen LogP contribution in [0, 0.1) is 5.82 Å². The molecule has 0 bridgehead atoms. The summed E-state index contributed by atoms with van der Waals surface area (Å²) in [6.45, 7) is 10.6. The maximum absolute atomic E-state index is 15.9. The molecule has 3 heterocycles. The van der Waals surface area contributed by atoms with Gasteiger partial charge in [-0.05, 0) is 57.6 Å². The lowest BCUT2D eigenvalue weighted by Gasteiger charge is -2.32. The van der Waals surface area contributed by atoms with Crippen LogP contribution in [0.3, 0.4) is 0 Å². The van der Waals surface area contributed by atoms with Gasteiger partial charge in [-0.1, -0.05) is 6.07 Å². The topological polar surface area (TPSA) is 74.9 Å². The molecule has 1 unspecified atom stereocenters. The molecule has 2 aliphatic heterocycles. The number of nitrogens with one attached hydrogen (secondary N) is 1. The number of piperidine rings is 1. The Morgan fingerprint density at radius 3 is 2.39 bits per heavy atom. The second kappa shape index (κ2) is 8.13. The quantitative estimate of drug-likeness (QED) is 0.720. The summed E-state index contributed by atoms with van der Waals surface area (Å²) in [4.78, 5) is 30.8. The molecular weight excluding hydrogens is 424 g/mol. The Labute approximate surface area is 194 Å². The summed E-state index contributed by atoms with van der Waals surface area (Å²) in [6, 6.07) is 3.49. The number of H-pyrrole nitrogens is 1. The van der Waals surface area contributed by atoms with Gasteiger partial charge in [0.25, 0.3) is 5.91 Å². The molecule has 0 radical (unpaired) electrons. The van der Waals surface area contributed by atoms with E-state index >= 15 is 4.39 Å². The summed E-state index contributed by atoms with van der Waals surface area (Å²) in [6.07, 6.45) is 1.59. The van der Waals surface area contributed by atoms with Gasteiger partial charge in [-0.2, -0.15) is 0 Å². The van der Waals surface area contributed by atoms with E-state index in [4.69, 9.17) is 9.31 Å². The number of nitrogens with zero attached hydrogens (tertiary/aromatic N) is 2. The second-order valence-electron chi connectivity index (χ2n) is 10.4. The highest BCUT2D eigenvalue weighted by Gasteiger charge is 2.52. The highest BCUT2D eigenvalue weighted by Crippen LogP contribution is 2.38. The molecule has 7 nitrogen and oxygen atoms in total. The zero-order valence-corrected chi connectivity index (χ0v) is 20.5. The number of fused-ring (bicyclic) bond motifs is 1. The molecule has 1 atom stereocenters. The SMILES string of the molecule is CC(=O)N1CCCC(c2cc(B3OC(C)(C)C(C)(C)O3)c3cc(C(=O)N(C)C)[nH]c3c2F)C1. The number of likely N-dealkylation sites (tertiary alicyclic amines) is 1. The number of rotatable bonds is 3. The summed E-state index contributed by atoms with van der Waals surface area (Å²) in [5.74, 6) is -0.790. The van der Waals surface area contributed by atoms with Crippen LogP contribution in [0.2, 0.25) is 0 Å². The summed E-state index contributed by atoms with van der Waals surface area (Å²) in [7, 11) is 2.61. The molecule has 4 rings (SSSR count). The monoisotopic (exact) mass is 457 g/mol. The van der Waals surface area contributed by atoms with Crippen molar-refractivity contribution in [2.45, 2.75) is 64.6 Å². The normalized spacial score (nSPS) is 22.1. The fraction of sp³-hybridized carbons (Fsp3) is 0.583. The number of halogens is 1. The number of carbonyl (C=O) groups excluding carboxylic acids is 2. The van der Waals surface area contributed by atoms with E-state index < -0.39 is 24.1 Å². The minimum atomic E-state index is -0.706. The third kappa shape index (κ3) is 4.06. The van der Waals surface area contributed by atoms with Crippen molar-refractivity contribution >= 4 is 35.3 Å². The maximum atomic E-state index is 15.9. The average Bonchev–Trinajstić information content (AvgIpc) is 3.26. The average molecular weight is 457 g/mol. The summed E-state index contributed by atoms with van der Waals surface area (Å²) in [5, 5.41) is 0.569. The van der Waals surface area contributed by atoms with Gasteiger partial charge >= 0.3 is 7.12 Å². The van der Waals surface area contributed by atoms with Crippen molar-refractivity contribution in [2.24, 2.45) is 0 Å². The zero-order chi connectivity index (χ0) is 24.3.